The molecule has 0 spiro atoms. The van der Waals surface area contributed by atoms with Gasteiger partial charge in [0, 0.05) is 17.6 Å². The minimum atomic E-state index is 0.458. The van der Waals surface area contributed by atoms with Crippen molar-refractivity contribution in [3.05, 3.63) is 11.8 Å². The van der Waals surface area contributed by atoms with Crippen LogP contribution in [-0.2, 0) is 6.42 Å². The Morgan fingerprint density at radius 2 is 2.20 bits per heavy atom. The summed E-state index contributed by atoms with van der Waals surface area (Å²) in [7, 11) is 0. The highest BCUT2D eigenvalue weighted by Gasteiger charge is 2.34. The maximum absolute atomic E-state index is 4.47. The normalized spacial score (nSPS) is 25.1. The first-order valence-electron chi connectivity index (χ1n) is 6.08. The maximum Gasteiger partial charge on any atom is 0.127 e. The van der Waals surface area contributed by atoms with Gasteiger partial charge in [-0.15, -0.1) is 0 Å². The molecule has 0 saturated heterocycles. The molecular formula is C12H19N3. The smallest absolute Gasteiger partial charge is 0.127 e. The van der Waals surface area contributed by atoms with Gasteiger partial charge < -0.3 is 5.32 Å². The van der Waals surface area contributed by atoms with Crippen LogP contribution in [-0.4, -0.2) is 15.8 Å². The summed E-state index contributed by atoms with van der Waals surface area (Å²) >= 11 is 0. The molecule has 1 fully saturated rings. The molecule has 0 unspecified atom stereocenters. The largest absolute Gasteiger partial charge is 0.367 e. The van der Waals surface area contributed by atoms with E-state index in [4.69, 9.17) is 0 Å². The molecule has 3 nitrogen and oxygen atoms in total. The van der Waals surface area contributed by atoms with Gasteiger partial charge in [0.05, 0.1) is 6.20 Å². The molecule has 1 atom stereocenters. The predicted octanol–water partition coefficient (Wildman–Crippen LogP) is 2.60. The Morgan fingerprint density at radius 1 is 1.40 bits per heavy atom. The molecule has 1 aliphatic heterocycles. The van der Waals surface area contributed by atoms with Crippen molar-refractivity contribution in [3.8, 4) is 0 Å². The van der Waals surface area contributed by atoms with E-state index >= 15 is 0 Å². The molecule has 1 saturated carbocycles. The Kier molecular flexibility index (Phi) is 2.01. The van der Waals surface area contributed by atoms with Crippen LogP contribution >= 0.6 is 0 Å². The zero-order valence-electron chi connectivity index (χ0n) is 9.53. The number of aromatic nitrogens is 2. The Morgan fingerprint density at radius 3 is 2.87 bits per heavy atom. The Bertz CT molecular complexity index is 363. The van der Waals surface area contributed by atoms with Crippen LogP contribution in [0.25, 0.3) is 0 Å². The van der Waals surface area contributed by atoms with Crippen LogP contribution < -0.4 is 5.32 Å². The van der Waals surface area contributed by atoms with Gasteiger partial charge in [0.25, 0.3) is 0 Å². The number of aryl methyl sites for hydroxylation is 1. The second kappa shape index (κ2) is 3.26. The van der Waals surface area contributed by atoms with Crippen molar-refractivity contribution < 1.29 is 0 Å². The van der Waals surface area contributed by atoms with Crippen LogP contribution in [0, 0.1) is 5.92 Å². The number of nitrogens with zero attached hydrogens (tertiary/aromatic N) is 2. The van der Waals surface area contributed by atoms with E-state index < -0.39 is 0 Å². The first-order chi connectivity index (χ1) is 7.25. The summed E-state index contributed by atoms with van der Waals surface area (Å²) in [5.74, 6) is 2.22. The van der Waals surface area contributed by atoms with Crippen molar-refractivity contribution in [2.24, 2.45) is 5.92 Å². The monoisotopic (exact) mass is 205 g/mol. The van der Waals surface area contributed by atoms with Gasteiger partial charge in [-0.2, -0.15) is 5.10 Å². The molecular weight excluding hydrogens is 186 g/mol. The lowest BCUT2D eigenvalue weighted by atomic mass is 9.99. The van der Waals surface area contributed by atoms with E-state index in [0.717, 1.165) is 5.92 Å². The molecule has 3 heteroatoms. The van der Waals surface area contributed by atoms with Crippen molar-refractivity contribution in [2.45, 2.75) is 51.6 Å². The summed E-state index contributed by atoms with van der Waals surface area (Å²) < 4.78 is 2.13. The number of nitrogens with one attached hydrogen (secondary N) is 1. The summed E-state index contributed by atoms with van der Waals surface area (Å²) in [5.41, 5.74) is 1.40. The third kappa shape index (κ3) is 1.54. The third-order valence-corrected chi connectivity index (χ3v) is 3.60. The van der Waals surface area contributed by atoms with Gasteiger partial charge in [-0.3, -0.25) is 0 Å². The van der Waals surface area contributed by atoms with Crippen LogP contribution in [0.3, 0.4) is 0 Å². The van der Waals surface area contributed by atoms with Crippen LogP contribution in [0.5, 0.6) is 0 Å². The average molecular weight is 205 g/mol. The van der Waals surface area contributed by atoms with E-state index in [1.54, 1.807) is 0 Å². The van der Waals surface area contributed by atoms with Gasteiger partial charge in [0.2, 0.25) is 0 Å². The number of rotatable bonds is 2. The second-order valence-corrected chi connectivity index (χ2v) is 5.18. The van der Waals surface area contributed by atoms with Gasteiger partial charge in [-0.05, 0) is 45.4 Å². The van der Waals surface area contributed by atoms with Gasteiger partial charge in [0.1, 0.15) is 5.82 Å². The molecule has 2 heterocycles. The lowest BCUT2D eigenvalue weighted by Gasteiger charge is -2.26. The number of hydrogen-bond acceptors (Lipinski definition) is 2. The Hall–Kier alpha value is -0.990. The topological polar surface area (TPSA) is 29.9 Å². The number of hydrogen-bond donors (Lipinski definition) is 1. The molecule has 1 aromatic rings. The fraction of sp³-hybridized carbons (Fsp3) is 0.750. The van der Waals surface area contributed by atoms with E-state index in [1.165, 1.54) is 37.1 Å². The third-order valence-electron chi connectivity index (χ3n) is 3.60. The molecule has 0 amide bonds. The van der Waals surface area contributed by atoms with Crippen LogP contribution in [0.15, 0.2) is 6.20 Å². The lowest BCUT2D eigenvalue weighted by Crippen LogP contribution is -2.28. The van der Waals surface area contributed by atoms with Crippen molar-refractivity contribution >= 4 is 5.82 Å². The predicted molar refractivity (Wildman–Crippen MR) is 61.1 cm³/mol. The molecule has 15 heavy (non-hydrogen) atoms. The fourth-order valence-electron chi connectivity index (χ4n) is 2.54. The molecule has 1 N–H and O–H groups in total. The summed E-state index contributed by atoms with van der Waals surface area (Å²) in [6.45, 7) is 4.38. The van der Waals surface area contributed by atoms with Gasteiger partial charge >= 0.3 is 0 Å². The number of fused-ring (bicyclic) bond motifs is 1. The van der Waals surface area contributed by atoms with E-state index in [2.05, 4.69) is 28.9 Å². The summed E-state index contributed by atoms with van der Waals surface area (Å²) in [6.07, 6.45) is 7.37. The van der Waals surface area contributed by atoms with Crippen molar-refractivity contribution in [3.63, 3.8) is 0 Å². The first-order valence-corrected chi connectivity index (χ1v) is 6.08. The molecule has 1 aliphatic carbocycles. The maximum atomic E-state index is 4.47. The Balaban J connectivity index is 1.88. The SMILES string of the molecule is CC(C)n1ncc2c1N[C@@H](C1CC1)CC2. The molecule has 1 aromatic heterocycles. The minimum absolute atomic E-state index is 0.458. The van der Waals surface area contributed by atoms with Crippen LogP contribution in [0.2, 0.25) is 0 Å². The molecule has 82 valence electrons. The highest BCUT2D eigenvalue weighted by Crippen LogP contribution is 2.39. The Labute approximate surface area is 90.9 Å². The molecule has 2 aliphatic rings. The first kappa shape index (κ1) is 9.25. The standard InChI is InChI=1S/C12H19N3/c1-8(2)15-12-10(7-13-15)5-6-11(14-12)9-3-4-9/h7-9,11,14H,3-6H2,1-2H3/t11-/m1/s1. The van der Waals surface area contributed by atoms with Gasteiger partial charge in [-0.25, -0.2) is 4.68 Å². The average Bonchev–Trinajstić information content (AvgIpc) is 2.97. The van der Waals surface area contributed by atoms with Crippen molar-refractivity contribution in [2.75, 3.05) is 5.32 Å². The lowest BCUT2D eigenvalue weighted by molar-refractivity contribution is 0.512. The van der Waals surface area contributed by atoms with Gasteiger partial charge in [0.15, 0.2) is 0 Å². The molecule has 0 aromatic carbocycles. The molecule has 3 rings (SSSR count). The zero-order chi connectivity index (χ0) is 10.4. The minimum Gasteiger partial charge on any atom is -0.367 e. The van der Waals surface area contributed by atoms with Crippen molar-refractivity contribution in [1.29, 1.82) is 0 Å². The zero-order valence-corrected chi connectivity index (χ0v) is 9.53. The quantitative estimate of drug-likeness (QED) is 0.804. The van der Waals surface area contributed by atoms with E-state index in [1.807, 2.05) is 6.20 Å². The molecule has 0 radical (unpaired) electrons. The van der Waals surface area contributed by atoms with Gasteiger partial charge in [-0.1, -0.05) is 0 Å². The van der Waals surface area contributed by atoms with Crippen molar-refractivity contribution in [1.82, 2.24) is 9.78 Å². The van der Waals surface area contributed by atoms with E-state index in [0.29, 0.717) is 12.1 Å². The highest BCUT2D eigenvalue weighted by molar-refractivity contribution is 5.48. The molecule has 0 bridgehead atoms. The second-order valence-electron chi connectivity index (χ2n) is 5.18. The van der Waals surface area contributed by atoms with Crippen LogP contribution in [0.4, 0.5) is 5.82 Å². The summed E-state index contributed by atoms with van der Waals surface area (Å²) in [6, 6.07) is 1.17. The van der Waals surface area contributed by atoms with E-state index in [9.17, 15) is 0 Å². The van der Waals surface area contributed by atoms with E-state index in [-0.39, 0.29) is 0 Å². The fourth-order valence-corrected chi connectivity index (χ4v) is 2.54. The number of anilines is 1. The summed E-state index contributed by atoms with van der Waals surface area (Å²) in [5, 5.41) is 8.15. The van der Waals surface area contributed by atoms with Crippen LogP contribution in [0.1, 0.15) is 44.7 Å². The highest BCUT2D eigenvalue weighted by atomic mass is 15.3. The summed E-state index contributed by atoms with van der Waals surface area (Å²) in [4.78, 5) is 0.